The molecule has 1 amide bonds. The number of hydrogen-bond donors (Lipinski definition) is 2. The summed E-state index contributed by atoms with van der Waals surface area (Å²) in [4.78, 5) is 40.3. The van der Waals surface area contributed by atoms with Crippen molar-refractivity contribution in [1.82, 2.24) is 9.55 Å². The number of anilines is 1. The predicted molar refractivity (Wildman–Crippen MR) is 108 cm³/mol. The Morgan fingerprint density at radius 3 is 2.19 bits per heavy atom. The number of hydrogen-bond acceptors (Lipinski definition) is 4. The number of carboxylic acids is 1. The minimum Gasteiger partial charge on any atom is -0.481 e. The lowest BCUT2D eigenvalue weighted by Gasteiger charge is -2.14. The van der Waals surface area contributed by atoms with Gasteiger partial charge in [0.15, 0.2) is 5.82 Å². The van der Waals surface area contributed by atoms with Crippen molar-refractivity contribution in [2.75, 3.05) is 5.32 Å². The van der Waals surface area contributed by atoms with Crippen LogP contribution < -0.4 is 5.32 Å². The summed E-state index contributed by atoms with van der Waals surface area (Å²) in [5.41, 5.74) is -0.139. The summed E-state index contributed by atoms with van der Waals surface area (Å²) < 4.78 is 39.7. The fourth-order valence-electron chi connectivity index (χ4n) is 3.07. The Morgan fingerprint density at radius 2 is 1.69 bits per heavy atom. The van der Waals surface area contributed by atoms with Gasteiger partial charge < -0.3 is 15.0 Å². The number of ketones is 1. The third-order valence-electron chi connectivity index (χ3n) is 4.78. The lowest BCUT2D eigenvalue weighted by molar-refractivity contribution is -0.140. The second-order valence-electron chi connectivity index (χ2n) is 7.03. The molecule has 166 valence electrons. The van der Waals surface area contributed by atoms with Crippen LogP contribution in [0.4, 0.5) is 18.9 Å². The predicted octanol–water partition coefficient (Wildman–Crippen LogP) is 3.87. The SMILES string of the molecule is Cn1ccnc1C(=O)c1ccc(NC(=O)C[C@H](C(=O)O)c2ccc(C(F)(F)F)cc2)cc1. The Balaban J connectivity index is 1.67. The molecule has 3 rings (SSSR count). The minimum absolute atomic E-state index is 0.0802. The number of halogens is 3. The van der Waals surface area contributed by atoms with Crippen LogP contribution in [0.1, 0.15) is 39.6 Å². The number of benzene rings is 2. The number of alkyl halides is 3. The smallest absolute Gasteiger partial charge is 0.416 e. The highest BCUT2D eigenvalue weighted by molar-refractivity contribution is 6.07. The Kier molecular flexibility index (Phi) is 6.42. The van der Waals surface area contributed by atoms with Gasteiger partial charge >= 0.3 is 12.1 Å². The second kappa shape index (κ2) is 9.04. The van der Waals surface area contributed by atoms with E-state index in [2.05, 4.69) is 10.3 Å². The van der Waals surface area contributed by atoms with Crippen LogP contribution in [0.2, 0.25) is 0 Å². The van der Waals surface area contributed by atoms with Gasteiger partial charge in [-0.25, -0.2) is 4.98 Å². The van der Waals surface area contributed by atoms with Gasteiger partial charge in [-0.15, -0.1) is 0 Å². The summed E-state index contributed by atoms with van der Waals surface area (Å²) in [6.45, 7) is 0. The van der Waals surface area contributed by atoms with Gasteiger partial charge in [-0.2, -0.15) is 13.2 Å². The Morgan fingerprint density at radius 1 is 1.06 bits per heavy atom. The van der Waals surface area contributed by atoms with E-state index in [4.69, 9.17) is 0 Å². The molecule has 0 saturated carbocycles. The van der Waals surface area contributed by atoms with Crippen LogP contribution in [-0.2, 0) is 22.8 Å². The molecule has 0 aliphatic rings. The average Bonchev–Trinajstić information content (AvgIpc) is 3.17. The van der Waals surface area contributed by atoms with Crippen LogP contribution in [0.5, 0.6) is 0 Å². The molecule has 0 radical (unpaired) electrons. The molecular formula is C22H18F3N3O4. The zero-order valence-corrected chi connectivity index (χ0v) is 16.8. The van der Waals surface area contributed by atoms with Crippen molar-refractivity contribution in [2.24, 2.45) is 7.05 Å². The third kappa shape index (κ3) is 5.20. The van der Waals surface area contributed by atoms with Gasteiger partial charge in [0, 0.05) is 37.1 Å². The first-order valence-electron chi connectivity index (χ1n) is 9.38. The van der Waals surface area contributed by atoms with Crippen molar-refractivity contribution < 1.29 is 32.7 Å². The normalized spacial score (nSPS) is 12.2. The zero-order chi connectivity index (χ0) is 23.5. The van der Waals surface area contributed by atoms with Gasteiger partial charge in [0.2, 0.25) is 11.7 Å². The molecule has 0 fully saturated rings. The average molecular weight is 445 g/mol. The van der Waals surface area contributed by atoms with Gasteiger partial charge in [-0.3, -0.25) is 14.4 Å². The molecule has 0 bridgehead atoms. The first-order chi connectivity index (χ1) is 15.1. The largest absolute Gasteiger partial charge is 0.481 e. The van der Waals surface area contributed by atoms with Crippen LogP contribution in [0, 0.1) is 0 Å². The van der Waals surface area contributed by atoms with Crippen LogP contribution in [-0.4, -0.2) is 32.3 Å². The second-order valence-corrected chi connectivity index (χ2v) is 7.03. The van der Waals surface area contributed by atoms with Gasteiger partial charge in [0.25, 0.3) is 0 Å². The lowest BCUT2D eigenvalue weighted by atomic mass is 9.94. The summed E-state index contributed by atoms with van der Waals surface area (Å²) in [5.74, 6) is -3.34. The zero-order valence-electron chi connectivity index (χ0n) is 16.8. The Bertz CT molecular complexity index is 1140. The highest BCUT2D eigenvalue weighted by atomic mass is 19.4. The van der Waals surface area contributed by atoms with Crippen molar-refractivity contribution in [3.8, 4) is 0 Å². The molecule has 0 aliphatic heterocycles. The first kappa shape index (κ1) is 22.7. The third-order valence-corrected chi connectivity index (χ3v) is 4.78. The summed E-state index contributed by atoms with van der Waals surface area (Å²) in [5, 5.41) is 12.0. The fourth-order valence-corrected chi connectivity index (χ4v) is 3.07. The number of carboxylic acid groups (broad SMARTS) is 1. The van der Waals surface area contributed by atoms with Crippen molar-refractivity contribution in [2.45, 2.75) is 18.5 Å². The van der Waals surface area contributed by atoms with E-state index < -0.39 is 36.0 Å². The number of aliphatic carboxylic acids is 1. The number of carbonyl (C=O) groups is 3. The number of nitrogens with zero attached hydrogens (tertiary/aromatic N) is 2. The van der Waals surface area contributed by atoms with Gasteiger partial charge in [0.05, 0.1) is 11.5 Å². The number of amides is 1. The van der Waals surface area contributed by atoms with E-state index in [1.165, 1.54) is 30.5 Å². The molecular weight excluding hydrogens is 427 g/mol. The summed E-state index contributed by atoms with van der Waals surface area (Å²) in [7, 11) is 1.68. The standard InChI is InChI=1S/C22H18F3N3O4/c1-28-11-10-26-20(28)19(30)14-4-8-16(9-5-14)27-18(29)12-17(21(31)32)13-2-6-15(7-3-13)22(23,24)25/h2-11,17H,12H2,1H3,(H,27,29)(H,31,32)/t17-/m0/s1. The molecule has 0 aliphatic carbocycles. The van der Waals surface area contributed by atoms with E-state index in [-0.39, 0.29) is 17.2 Å². The topological polar surface area (TPSA) is 101 Å². The summed E-state index contributed by atoms with van der Waals surface area (Å²) in [6, 6.07) is 9.62. The van der Waals surface area contributed by atoms with E-state index in [9.17, 15) is 32.7 Å². The number of carbonyl (C=O) groups excluding carboxylic acids is 2. The van der Waals surface area contributed by atoms with E-state index in [0.29, 0.717) is 11.3 Å². The molecule has 1 aromatic heterocycles. The van der Waals surface area contributed by atoms with Crippen LogP contribution in [0.3, 0.4) is 0 Å². The molecule has 1 heterocycles. The molecule has 7 nitrogen and oxygen atoms in total. The molecule has 0 spiro atoms. The van der Waals surface area contributed by atoms with E-state index in [0.717, 1.165) is 24.3 Å². The maximum absolute atomic E-state index is 12.7. The number of aromatic nitrogens is 2. The molecule has 2 aromatic carbocycles. The maximum atomic E-state index is 12.7. The molecule has 3 aromatic rings. The quantitative estimate of drug-likeness (QED) is 0.538. The highest BCUT2D eigenvalue weighted by Crippen LogP contribution is 2.31. The number of nitrogens with one attached hydrogen (secondary N) is 1. The Hall–Kier alpha value is -3.95. The molecule has 32 heavy (non-hydrogen) atoms. The van der Waals surface area contributed by atoms with Gasteiger partial charge in [-0.05, 0) is 42.0 Å². The summed E-state index contributed by atoms with van der Waals surface area (Å²) >= 11 is 0. The van der Waals surface area contributed by atoms with Crippen molar-refractivity contribution in [3.05, 3.63) is 83.4 Å². The maximum Gasteiger partial charge on any atom is 0.416 e. The van der Waals surface area contributed by atoms with Crippen LogP contribution in [0.25, 0.3) is 0 Å². The Labute approximate surface area is 180 Å². The molecule has 0 unspecified atom stereocenters. The van der Waals surface area contributed by atoms with Crippen LogP contribution in [0.15, 0.2) is 60.9 Å². The van der Waals surface area contributed by atoms with E-state index in [1.807, 2.05) is 0 Å². The molecule has 1 atom stereocenters. The molecule has 0 saturated heterocycles. The summed E-state index contributed by atoms with van der Waals surface area (Å²) in [6.07, 6.45) is -1.89. The fraction of sp³-hybridized carbons (Fsp3) is 0.182. The minimum atomic E-state index is -4.54. The first-order valence-corrected chi connectivity index (χ1v) is 9.38. The van der Waals surface area contributed by atoms with Crippen molar-refractivity contribution in [3.63, 3.8) is 0 Å². The highest BCUT2D eigenvalue weighted by Gasteiger charge is 2.31. The lowest BCUT2D eigenvalue weighted by Crippen LogP contribution is -2.21. The number of imidazole rings is 1. The molecule has 10 heteroatoms. The van der Waals surface area contributed by atoms with E-state index in [1.54, 1.807) is 17.8 Å². The van der Waals surface area contributed by atoms with Crippen molar-refractivity contribution in [1.29, 1.82) is 0 Å². The van der Waals surface area contributed by atoms with E-state index >= 15 is 0 Å². The van der Waals surface area contributed by atoms with Gasteiger partial charge in [0.1, 0.15) is 0 Å². The van der Waals surface area contributed by atoms with Gasteiger partial charge in [-0.1, -0.05) is 12.1 Å². The van der Waals surface area contributed by atoms with Crippen molar-refractivity contribution >= 4 is 23.3 Å². The molecule has 2 N–H and O–H groups in total. The number of aryl methyl sites for hydroxylation is 1. The van der Waals surface area contributed by atoms with Crippen LogP contribution >= 0.6 is 0 Å². The number of rotatable bonds is 7. The monoisotopic (exact) mass is 445 g/mol.